The first kappa shape index (κ1) is 22.0. The third-order valence-corrected chi connectivity index (χ3v) is 4.56. The van der Waals surface area contributed by atoms with E-state index in [4.69, 9.17) is 9.15 Å². The number of hydrogen-bond acceptors (Lipinski definition) is 6. The molecule has 0 aromatic carbocycles. The minimum absolute atomic E-state index is 0. The van der Waals surface area contributed by atoms with Gasteiger partial charge in [0, 0.05) is 39.4 Å². The average molecular weight is 499 g/mol. The lowest BCUT2D eigenvalue weighted by Gasteiger charge is -2.37. The Morgan fingerprint density at radius 1 is 1.32 bits per heavy atom. The van der Waals surface area contributed by atoms with Gasteiger partial charge in [-0.1, -0.05) is 6.07 Å². The van der Waals surface area contributed by atoms with E-state index in [-0.39, 0.29) is 24.0 Å². The van der Waals surface area contributed by atoms with Gasteiger partial charge in [-0.05, 0) is 25.1 Å². The number of anilines is 1. The van der Waals surface area contributed by atoms with E-state index >= 15 is 0 Å². The highest BCUT2D eigenvalue weighted by molar-refractivity contribution is 14.0. The topological polar surface area (TPSA) is 83.2 Å². The fourth-order valence-electron chi connectivity index (χ4n) is 3.13. The molecule has 1 aliphatic rings. The Morgan fingerprint density at radius 3 is 2.68 bits per heavy atom. The van der Waals surface area contributed by atoms with Gasteiger partial charge in [0.05, 0.1) is 13.7 Å². The number of rotatable bonds is 4. The van der Waals surface area contributed by atoms with Crippen molar-refractivity contribution in [2.24, 2.45) is 4.99 Å². The first-order valence-electron chi connectivity index (χ1n) is 8.91. The molecule has 0 saturated carbocycles. The van der Waals surface area contributed by atoms with E-state index in [1.54, 1.807) is 20.0 Å². The number of carbonyl (C=O) groups excluding carboxylic acids is 1. The van der Waals surface area contributed by atoms with Crippen LogP contribution in [0.3, 0.4) is 0 Å². The first-order chi connectivity index (χ1) is 13.1. The lowest BCUT2D eigenvalue weighted by molar-refractivity contribution is 0.0599. The summed E-state index contributed by atoms with van der Waals surface area (Å²) in [5.74, 6) is 2.64. The van der Waals surface area contributed by atoms with Crippen LogP contribution in [0.25, 0.3) is 0 Å². The minimum atomic E-state index is -0.391. The quantitative estimate of drug-likeness (QED) is 0.299. The smallest absolute Gasteiger partial charge is 0.341 e. The zero-order valence-corrected chi connectivity index (χ0v) is 18.7. The van der Waals surface area contributed by atoms with Crippen LogP contribution in [-0.2, 0) is 11.3 Å². The van der Waals surface area contributed by atoms with Crippen molar-refractivity contribution in [3.8, 4) is 0 Å². The highest BCUT2D eigenvalue weighted by Crippen LogP contribution is 2.16. The predicted octanol–water partition coefficient (Wildman–Crippen LogP) is 2.29. The van der Waals surface area contributed by atoms with Crippen LogP contribution in [0.2, 0.25) is 0 Å². The molecule has 152 valence electrons. The van der Waals surface area contributed by atoms with Crippen molar-refractivity contribution in [3.63, 3.8) is 0 Å². The molecule has 0 bridgehead atoms. The van der Waals surface area contributed by atoms with Crippen molar-refractivity contribution in [3.05, 3.63) is 47.5 Å². The van der Waals surface area contributed by atoms with Gasteiger partial charge in [0.1, 0.15) is 22.9 Å². The third-order valence-electron chi connectivity index (χ3n) is 4.56. The van der Waals surface area contributed by atoms with Gasteiger partial charge in [0.2, 0.25) is 0 Å². The Bertz CT molecular complexity index is 801. The van der Waals surface area contributed by atoms with E-state index in [0.717, 1.165) is 38.0 Å². The number of guanidine groups is 1. The number of hydrogen-bond donors (Lipinski definition) is 1. The number of halogens is 1. The Labute approximate surface area is 182 Å². The van der Waals surface area contributed by atoms with Gasteiger partial charge in [-0.3, -0.25) is 4.99 Å². The number of piperazine rings is 1. The number of aromatic nitrogens is 1. The number of carbonyl (C=O) groups is 1. The number of methoxy groups -OCH3 is 1. The molecule has 1 fully saturated rings. The SMILES string of the molecule is CN=C(NCc1cc(C(=O)OC)c(C)o1)N1CCN(c2ccccn2)CC1.I. The Balaban J connectivity index is 0.00000280. The molecule has 0 unspecified atom stereocenters. The van der Waals surface area contributed by atoms with Crippen LogP contribution < -0.4 is 10.2 Å². The van der Waals surface area contributed by atoms with Gasteiger partial charge in [-0.2, -0.15) is 0 Å². The molecule has 3 rings (SSSR count). The largest absolute Gasteiger partial charge is 0.465 e. The second-order valence-electron chi connectivity index (χ2n) is 6.24. The molecular weight excluding hydrogens is 473 g/mol. The first-order valence-corrected chi connectivity index (χ1v) is 8.91. The highest BCUT2D eigenvalue weighted by Gasteiger charge is 2.21. The number of nitrogens with one attached hydrogen (secondary N) is 1. The maximum atomic E-state index is 11.7. The van der Waals surface area contributed by atoms with Crippen LogP contribution in [0.1, 0.15) is 21.9 Å². The van der Waals surface area contributed by atoms with Crippen LogP contribution in [0.5, 0.6) is 0 Å². The highest BCUT2D eigenvalue weighted by atomic mass is 127. The van der Waals surface area contributed by atoms with Crippen LogP contribution >= 0.6 is 24.0 Å². The molecule has 1 aliphatic heterocycles. The van der Waals surface area contributed by atoms with Gasteiger partial charge in [-0.25, -0.2) is 9.78 Å². The molecule has 0 radical (unpaired) electrons. The standard InChI is InChI=1S/C19H25N5O3.HI/c1-14-16(18(25)26-3)12-15(27-14)13-22-19(20-2)24-10-8-23(9-11-24)17-6-4-5-7-21-17;/h4-7,12H,8-11,13H2,1-3H3,(H,20,22);1H. The summed E-state index contributed by atoms with van der Waals surface area (Å²) in [6.45, 7) is 5.65. The molecule has 0 aliphatic carbocycles. The molecule has 1 N–H and O–H groups in total. The van der Waals surface area contributed by atoms with Crippen molar-refractivity contribution in [2.75, 3.05) is 45.2 Å². The zero-order chi connectivity index (χ0) is 19.2. The number of ether oxygens (including phenoxy) is 1. The van der Waals surface area contributed by atoms with E-state index < -0.39 is 5.97 Å². The molecule has 2 aromatic heterocycles. The van der Waals surface area contributed by atoms with Gasteiger partial charge >= 0.3 is 5.97 Å². The summed E-state index contributed by atoms with van der Waals surface area (Å²) in [7, 11) is 3.12. The lowest BCUT2D eigenvalue weighted by Crippen LogP contribution is -2.52. The molecular formula is C19H26IN5O3. The Morgan fingerprint density at radius 2 is 2.07 bits per heavy atom. The minimum Gasteiger partial charge on any atom is -0.465 e. The van der Waals surface area contributed by atoms with Crippen molar-refractivity contribution in [1.29, 1.82) is 0 Å². The van der Waals surface area contributed by atoms with Crippen molar-refractivity contribution in [1.82, 2.24) is 15.2 Å². The van der Waals surface area contributed by atoms with Gasteiger partial charge in [0.25, 0.3) is 0 Å². The Kier molecular flexibility index (Phi) is 8.09. The second kappa shape index (κ2) is 10.3. The van der Waals surface area contributed by atoms with E-state index in [9.17, 15) is 4.79 Å². The summed E-state index contributed by atoms with van der Waals surface area (Å²) in [6, 6.07) is 7.66. The fourth-order valence-corrected chi connectivity index (χ4v) is 3.13. The van der Waals surface area contributed by atoms with Gasteiger partial charge in [-0.15, -0.1) is 24.0 Å². The van der Waals surface area contributed by atoms with Crippen LogP contribution in [0.4, 0.5) is 5.82 Å². The molecule has 3 heterocycles. The van der Waals surface area contributed by atoms with Gasteiger partial charge < -0.3 is 24.3 Å². The molecule has 1 saturated heterocycles. The maximum Gasteiger partial charge on any atom is 0.341 e. The third kappa shape index (κ3) is 5.15. The van der Waals surface area contributed by atoms with E-state index in [0.29, 0.717) is 23.6 Å². The molecule has 2 aromatic rings. The number of pyridine rings is 1. The van der Waals surface area contributed by atoms with Crippen molar-refractivity contribution < 1.29 is 13.9 Å². The molecule has 9 heteroatoms. The van der Waals surface area contributed by atoms with E-state index in [2.05, 4.69) is 25.1 Å². The van der Waals surface area contributed by atoms with Crippen LogP contribution in [-0.4, -0.2) is 62.1 Å². The van der Waals surface area contributed by atoms with Crippen LogP contribution in [0, 0.1) is 6.92 Å². The van der Waals surface area contributed by atoms with Crippen LogP contribution in [0.15, 0.2) is 39.9 Å². The number of furan rings is 1. The second-order valence-corrected chi connectivity index (χ2v) is 6.24. The normalized spacial score (nSPS) is 14.5. The molecule has 0 atom stereocenters. The maximum absolute atomic E-state index is 11.7. The Hall–Kier alpha value is -2.30. The molecule has 8 nitrogen and oxygen atoms in total. The summed E-state index contributed by atoms with van der Waals surface area (Å²) in [4.78, 5) is 24.9. The predicted molar refractivity (Wildman–Crippen MR) is 118 cm³/mol. The van der Waals surface area contributed by atoms with E-state index in [1.165, 1.54) is 7.11 Å². The summed E-state index contributed by atoms with van der Waals surface area (Å²) in [6.07, 6.45) is 1.82. The summed E-state index contributed by atoms with van der Waals surface area (Å²) in [5, 5.41) is 3.30. The summed E-state index contributed by atoms with van der Waals surface area (Å²) < 4.78 is 10.4. The number of nitrogens with zero attached hydrogens (tertiary/aromatic N) is 4. The lowest BCUT2D eigenvalue weighted by atomic mass is 10.2. The van der Waals surface area contributed by atoms with Crippen molar-refractivity contribution in [2.45, 2.75) is 13.5 Å². The van der Waals surface area contributed by atoms with Gasteiger partial charge in [0.15, 0.2) is 5.96 Å². The molecule has 28 heavy (non-hydrogen) atoms. The molecule has 0 spiro atoms. The van der Waals surface area contributed by atoms with Crippen molar-refractivity contribution >= 4 is 41.7 Å². The summed E-state index contributed by atoms with van der Waals surface area (Å²) >= 11 is 0. The monoisotopic (exact) mass is 499 g/mol. The summed E-state index contributed by atoms with van der Waals surface area (Å²) in [5.41, 5.74) is 0.452. The van der Waals surface area contributed by atoms with E-state index in [1.807, 2.05) is 24.4 Å². The molecule has 0 amide bonds. The average Bonchev–Trinajstić information content (AvgIpc) is 3.09. The fraction of sp³-hybridized carbons (Fsp3) is 0.421. The number of aryl methyl sites for hydroxylation is 1. The number of aliphatic imine (C=N–C) groups is 1. The zero-order valence-electron chi connectivity index (χ0n) is 16.3. The number of esters is 1.